The molecule has 0 saturated heterocycles. The van der Waals surface area contributed by atoms with E-state index in [-0.39, 0.29) is 5.91 Å². The quantitative estimate of drug-likeness (QED) is 0.902. The van der Waals surface area contributed by atoms with Gasteiger partial charge in [0.05, 0.1) is 26.5 Å². The number of nitrogens with one attached hydrogen (secondary N) is 1. The standard InChI is InChI=1S/C18H20N2O3S/c1-22-15-8-7-13(11-16(15)23-2)19-18(21)12-20-9-10-24-17-6-4-3-5-14(17)20/h3-8,11H,9-10,12H2,1-2H3,(H,19,21). The Hall–Kier alpha value is -2.34. The summed E-state index contributed by atoms with van der Waals surface area (Å²) in [5, 5.41) is 2.92. The number of thioether (sulfide) groups is 1. The third-order valence-corrected chi connectivity index (χ3v) is 4.87. The van der Waals surface area contributed by atoms with Crippen molar-refractivity contribution in [1.82, 2.24) is 0 Å². The van der Waals surface area contributed by atoms with Gasteiger partial charge in [0.1, 0.15) is 0 Å². The molecule has 0 bridgehead atoms. The SMILES string of the molecule is COc1ccc(NC(=O)CN2CCSc3ccccc32)cc1OC. The number of fused-ring (bicyclic) bond motifs is 1. The number of hydrogen-bond donors (Lipinski definition) is 1. The Kier molecular flexibility index (Phi) is 5.15. The summed E-state index contributed by atoms with van der Waals surface area (Å²) in [6, 6.07) is 13.5. The lowest BCUT2D eigenvalue weighted by Gasteiger charge is -2.30. The zero-order valence-corrected chi connectivity index (χ0v) is 14.6. The Labute approximate surface area is 145 Å². The monoisotopic (exact) mass is 344 g/mol. The molecular formula is C18H20N2O3S. The van der Waals surface area contributed by atoms with Gasteiger partial charge in [-0.15, -0.1) is 11.8 Å². The molecule has 0 radical (unpaired) electrons. The number of nitrogens with zero attached hydrogens (tertiary/aromatic N) is 1. The Balaban J connectivity index is 1.69. The van der Waals surface area contributed by atoms with Gasteiger partial charge in [0.2, 0.25) is 5.91 Å². The second-order valence-electron chi connectivity index (χ2n) is 5.36. The topological polar surface area (TPSA) is 50.8 Å². The molecule has 6 heteroatoms. The van der Waals surface area contributed by atoms with E-state index in [0.717, 1.165) is 18.0 Å². The minimum Gasteiger partial charge on any atom is -0.493 e. The second-order valence-corrected chi connectivity index (χ2v) is 6.49. The number of para-hydroxylation sites is 1. The van der Waals surface area contributed by atoms with Crippen LogP contribution in [0.15, 0.2) is 47.4 Å². The molecule has 2 aromatic carbocycles. The fourth-order valence-electron chi connectivity index (χ4n) is 2.68. The summed E-state index contributed by atoms with van der Waals surface area (Å²) < 4.78 is 10.5. The van der Waals surface area contributed by atoms with E-state index in [1.54, 1.807) is 32.4 Å². The van der Waals surface area contributed by atoms with Gasteiger partial charge in [-0.2, -0.15) is 0 Å². The Morgan fingerprint density at radius 2 is 1.96 bits per heavy atom. The summed E-state index contributed by atoms with van der Waals surface area (Å²) in [5.41, 5.74) is 1.81. The van der Waals surface area contributed by atoms with E-state index in [4.69, 9.17) is 9.47 Å². The molecule has 24 heavy (non-hydrogen) atoms. The third kappa shape index (κ3) is 3.59. The van der Waals surface area contributed by atoms with Gasteiger partial charge < -0.3 is 19.7 Å². The summed E-state index contributed by atoms with van der Waals surface area (Å²) in [6.07, 6.45) is 0. The molecule has 1 aliphatic heterocycles. The van der Waals surface area contributed by atoms with Crippen LogP contribution in [0, 0.1) is 0 Å². The minimum atomic E-state index is -0.0519. The van der Waals surface area contributed by atoms with Gasteiger partial charge >= 0.3 is 0 Å². The molecule has 0 fully saturated rings. The fraction of sp³-hybridized carbons (Fsp3) is 0.278. The molecule has 5 nitrogen and oxygen atoms in total. The Morgan fingerprint density at radius 1 is 1.17 bits per heavy atom. The molecule has 126 valence electrons. The summed E-state index contributed by atoms with van der Waals surface area (Å²) in [4.78, 5) is 15.8. The molecule has 0 aliphatic carbocycles. The maximum Gasteiger partial charge on any atom is 0.243 e. The number of carbonyl (C=O) groups is 1. The molecule has 1 aliphatic rings. The molecule has 0 atom stereocenters. The van der Waals surface area contributed by atoms with Crippen LogP contribution in [0.4, 0.5) is 11.4 Å². The molecule has 0 aromatic heterocycles. The van der Waals surface area contributed by atoms with Gasteiger partial charge in [0.15, 0.2) is 11.5 Å². The molecule has 0 unspecified atom stereocenters. The number of methoxy groups -OCH3 is 2. The first-order chi connectivity index (χ1) is 11.7. The van der Waals surface area contributed by atoms with Crippen LogP contribution in [0.3, 0.4) is 0 Å². The van der Waals surface area contributed by atoms with Crippen LogP contribution in [0.2, 0.25) is 0 Å². The smallest absolute Gasteiger partial charge is 0.243 e. The highest BCUT2D eigenvalue weighted by atomic mass is 32.2. The zero-order valence-electron chi connectivity index (χ0n) is 13.7. The van der Waals surface area contributed by atoms with Crippen LogP contribution in [-0.2, 0) is 4.79 Å². The highest BCUT2D eigenvalue weighted by Gasteiger charge is 2.19. The van der Waals surface area contributed by atoms with Crippen molar-refractivity contribution < 1.29 is 14.3 Å². The number of amides is 1. The number of benzene rings is 2. The minimum absolute atomic E-state index is 0.0519. The van der Waals surface area contributed by atoms with Crippen molar-refractivity contribution in [1.29, 1.82) is 0 Å². The maximum absolute atomic E-state index is 12.4. The first kappa shape index (κ1) is 16.5. The fourth-order valence-corrected chi connectivity index (χ4v) is 3.73. The normalized spacial score (nSPS) is 13.2. The molecule has 0 spiro atoms. The van der Waals surface area contributed by atoms with E-state index in [1.165, 1.54) is 4.90 Å². The number of rotatable bonds is 5. The van der Waals surface area contributed by atoms with Crippen molar-refractivity contribution in [3.63, 3.8) is 0 Å². The van der Waals surface area contributed by atoms with E-state index >= 15 is 0 Å². The molecule has 2 aromatic rings. The van der Waals surface area contributed by atoms with Gasteiger partial charge in [-0.1, -0.05) is 12.1 Å². The van der Waals surface area contributed by atoms with Crippen molar-refractivity contribution in [3.8, 4) is 11.5 Å². The third-order valence-electron chi connectivity index (χ3n) is 3.83. The molecule has 3 rings (SSSR count). The molecule has 1 N–H and O–H groups in total. The van der Waals surface area contributed by atoms with Crippen molar-refractivity contribution >= 4 is 29.0 Å². The predicted octanol–water partition coefficient (Wildman–Crippen LogP) is 3.25. The van der Waals surface area contributed by atoms with Crippen LogP contribution in [0.25, 0.3) is 0 Å². The maximum atomic E-state index is 12.4. The molecule has 0 saturated carbocycles. The molecular weight excluding hydrogens is 324 g/mol. The summed E-state index contributed by atoms with van der Waals surface area (Å²) in [6.45, 7) is 1.19. The van der Waals surface area contributed by atoms with E-state index in [2.05, 4.69) is 22.3 Å². The highest BCUT2D eigenvalue weighted by Crippen LogP contribution is 2.34. The number of anilines is 2. The average Bonchev–Trinajstić information content (AvgIpc) is 2.62. The Morgan fingerprint density at radius 3 is 2.75 bits per heavy atom. The number of hydrogen-bond acceptors (Lipinski definition) is 5. The number of ether oxygens (including phenoxy) is 2. The van der Waals surface area contributed by atoms with Gasteiger partial charge in [0, 0.05) is 28.9 Å². The Bertz CT molecular complexity index is 736. The van der Waals surface area contributed by atoms with E-state index in [9.17, 15) is 4.79 Å². The van der Waals surface area contributed by atoms with E-state index in [1.807, 2.05) is 23.9 Å². The first-order valence-corrected chi connectivity index (χ1v) is 8.68. The summed E-state index contributed by atoms with van der Waals surface area (Å²) in [5.74, 6) is 2.16. The van der Waals surface area contributed by atoms with Crippen LogP contribution < -0.4 is 19.7 Å². The van der Waals surface area contributed by atoms with Gasteiger partial charge in [0.25, 0.3) is 0 Å². The van der Waals surface area contributed by atoms with Crippen molar-refractivity contribution in [2.75, 3.05) is 43.3 Å². The van der Waals surface area contributed by atoms with Gasteiger partial charge in [-0.3, -0.25) is 4.79 Å². The summed E-state index contributed by atoms with van der Waals surface area (Å²) >= 11 is 1.83. The molecule has 1 heterocycles. The first-order valence-electron chi connectivity index (χ1n) is 7.70. The van der Waals surface area contributed by atoms with Crippen LogP contribution in [0.5, 0.6) is 11.5 Å². The highest BCUT2D eigenvalue weighted by molar-refractivity contribution is 7.99. The van der Waals surface area contributed by atoms with Crippen LogP contribution in [0.1, 0.15) is 0 Å². The summed E-state index contributed by atoms with van der Waals surface area (Å²) in [7, 11) is 3.16. The van der Waals surface area contributed by atoms with Gasteiger partial charge in [-0.25, -0.2) is 0 Å². The predicted molar refractivity (Wildman–Crippen MR) is 97.6 cm³/mol. The lowest BCUT2D eigenvalue weighted by atomic mass is 10.2. The lowest BCUT2D eigenvalue weighted by Crippen LogP contribution is -2.36. The van der Waals surface area contributed by atoms with Crippen molar-refractivity contribution in [2.45, 2.75) is 4.90 Å². The second kappa shape index (κ2) is 7.49. The zero-order chi connectivity index (χ0) is 16.9. The van der Waals surface area contributed by atoms with Crippen LogP contribution >= 0.6 is 11.8 Å². The largest absolute Gasteiger partial charge is 0.493 e. The van der Waals surface area contributed by atoms with E-state index in [0.29, 0.717) is 23.7 Å². The van der Waals surface area contributed by atoms with Crippen molar-refractivity contribution in [2.24, 2.45) is 0 Å². The van der Waals surface area contributed by atoms with Crippen LogP contribution in [-0.4, -0.2) is 39.0 Å². The van der Waals surface area contributed by atoms with Gasteiger partial charge in [-0.05, 0) is 24.3 Å². The molecule has 1 amide bonds. The van der Waals surface area contributed by atoms with Crippen molar-refractivity contribution in [3.05, 3.63) is 42.5 Å². The number of carbonyl (C=O) groups excluding carboxylic acids is 1. The van der Waals surface area contributed by atoms with E-state index < -0.39 is 0 Å². The lowest BCUT2D eigenvalue weighted by molar-refractivity contribution is -0.115. The average molecular weight is 344 g/mol.